The number of carbonyl (C=O) groups is 1. The quantitative estimate of drug-likeness (QED) is 0.830. The van der Waals surface area contributed by atoms with Gasteiger partial charge in [-0.1, -0.05) is 0 Å². The predicted molar refractivity (Wildman–Crippen MR) is 65.0 cm³/mol. The molecule has 1 rings (SSSR count). The van der Waals surface area contributed by atoms with Crippen LogP contribution in [0.2, 0.25) is 0 Å². The third kappa shape index (κ3) is 5.80. The first kappa shape index (κ1) is 19.5. The zero-order valence-electron chi connectivity index (χ0n) is 10.3. The first-order valence-electron chi connectivity index (χ1n) is 5.29. The maximum absolute atomic E-state index is 13.0. The van der Waals surface area contributed by atoms with Crippen LogP contribution in [0.4, 0.5) is 26.3 Å². The van der Waals surface area contributed by atoms with Crippen LogP contribution in [0.3, 0.4) is 0 Å². The van der Waals surface area contributed by atoms with Gasteiger partial charge in [0.25, 0.3) is 11.8 Å². The predicted octanol–water partition coefficient (Wildman–Crippen LogP) is 2.59. The molecule has 0 unspecified atom stereocenters. The van der Waals surface area contributed by atoms with Gasteiger partial charge in [0.2, 0.25) is 0 Å². The molecule has 3 N–H and O–H groups in total. The Morgan fingerprint density at radius 3 is 2.19 bits per heavy atom. The number of amides is 1. The maximum Gasteiger partial charge on any atom is 0.416 e. The molecule has 0 fully saturated rings. The molecule has 0 heterocycles. The molecule has 1 aromatic carbocycles. The smallest absolute Gasteiger partial charge is 0.346 e. The normalized spacial score (nSPS) is 11.8. The number of hydrogen-bond acceptors (Lipinski definition) is 2. The number of nitrogens with one attached hydrogen (secondary N) is 1. The van der Waals surface area contributed by atoms with Crippen LogP contribution in [0.5, 0.6) is 0 Å². The molecule has 0 aromatic heterocycles. The lowest BCUT2D eigenvalue weighted by Crippen LogP contribution is -2.41. The molecule has 0 saturated heterocycles. The minimum atomic E-state index is -4.85. The van der Waals surface area contributed by atoms with Crippen LogP contribution in [0, 0.1) is 5.82 Å². The Morgan fingerprint density at radius 2 is 1.71 bits per heavy atom. The van der Waals surface area contributed by atoms with Crippen LogP contribution in [0.1, 0.15) is 15.9 Å². The van der Waals surface area contributed by atoms with Crippen molar-refractivity contribution in [2.75, 3.05) is 13.1 Å². The summed E-state index contributed by atoms with van der Waals surface area (Å²) in [7, 11) is 0. The second-order valence-electron chi connectivity index (χ2n) is 3.97. The van der Waals surface area contributed by atoms with Gasteiger partial charge in [-0.3, -0.25) is 4.79 Å². The van der Waals surface area contributed by atoms with Gasteiger partial charge in [0.05, 0.1) is 18.7 Å². The van der Waals surface area contributed by atoms with Crippen molar-refractivity contribution in [1.82, 2.24) is 5.32 Å². The van der Waals surface area contributed by atoms with E-state index in [1.807, 2.05) is 0 Å². The highest BCUT2D eigenvalue weighted by molar-refractivity contribution is 5.94. The van der Waals surface area contributed by atoms with E-state index in [1.54, 1.807) is 5.32 Å². The van der Waals surface area contributed by atoms with Crippen LogP contribution in [-0.4, -0.2) is 24.9 Å². The van der Waals surface area contributed by atoms with E-state index in [2.05, 4.69) is 0 Å². The standard InChI is InChI=1S/C11H10F6N2O.ClH/c12-8-2-6(1-7(3-8)11(15,16)17)9(20)19-5-10(13,14)4-18;/h1-3H,4-5,18H2,(H,19,20);1H. The molecule has 0 aliphatic rings. The minimum absolute atomic E-state index is 0. The first-order chi connectivity index (χ1) is 9.05. The van der Waals surface area contributed by atoms with Crippen molar-refractivity contribution in [2.45, 2.75) is 12.1 Å². The topological polar surface area (TPSA) is 55.1 Å². The van der Waals surface area contributed by atoms with Crippen LogP contribution < -0.4 is 11.1 Å². The lowest BCUT2D eigenvalue weighted by atomic mass is 10.1. The molecule has 0 bridgehead atoms. The van der Waals surface area contributed by atoms with Crippen molar-refractivity contribution >= 4 is 18.3 Å². The average molecular weight is 337 g/mol. The summed E-state index contributed by atoms with van der Waals surface area (Å²) in [5, 5.41) is 1.69. The number of hydrogen-bond donors (Lipinski definition) is 2. The van der Waals surface area contributed by atoms with Crippen molar-refractivity contribution in [3.05, 3.63) is 35.1 Å². The fraction of sp³-hybridized carbons (Fsp3) is 0.364. The zero-order valence-corrected chi connectivity index (χ0v) is 11.1. The summed E-state index contributed by atoms with van der Waals surface area (Å²) in [6.07, 6.45) is -4.85. The summed E-state index contributed by atoms with van der Waals surface area (Å²) >= 11 is 0. The van der Waals surface area contributed by atoms with Gasteiger partial charge in [0, 0.05) is 5.56 Å². The lowest BCUT2D eigenvalue weighted by Gasteiger charge is -2.15. The Labute approximate surface area is 121 Å². The van der Waals surface area contributed by atoms with Crippen molar-refractivity contribution in [1.29, 1.82) is 0 Å². The second-order valence-corrected chi connectivity index (χ2v) is 3.97. The van der Waals surface area contributed by atoms with E-state index in [1.165, 1.54) is 0 Å². The lowest BCUT2D eigenvalue weighted by molar-refractivity contribution is -0.137. The van der Waals surface area contributed by atoms with Gasteiger partial charge < -0.3 is 11.1 Å². The van der Waals surface area contributed by atoms with E-state index in [4.69, 9.17) is 5.73 Å². The third-order valence-corrected chi connectivity index (χ3v) is 2.29. The molecule has 0 radical (unpaired) electrons. The summed E-state index contributed by atoms with van der Waals surface area (Å²) in [5.41, 5.74) is 2.64. The van der Waals surface area contributed by atoms with Gasteiger partial charge in [0.15, 0.2) is 0 Å². The van der Waals surface area contributed by atoms with Crippen molar-refractivity contribution in [3.8, 4) is 0 Å². The first-order valence-corrected chi connectivity index (χ1v) is 5.29. The van der Waals surface area contributed by atoms with Crippen molar-refractivity contribution in [2.24, 2.45) is 5.73 Å². The molecule has 120 valence electrons. The van der Waals surface area contributed by atoms with Crippen LogP contribution in [-0.2, 0) is 6.18 Å². The van der Waals surface area contributed by atoms with E-state index in [0.717, 1.165) is 0 Å². The highest BCUT2D eigenvalue weighted by atomic mass is 35.5. The Balaban J connectivity index is 0.00000400. The molecule has 3 nitrogen and oxygen atoms in total. The SMILES string of the molecule is Cl.NCC(F)(F)CNC(=O)c1cc(F)cc(C(F)(F)F)c1. The molecule has 10 heteroatoms. The molecular formula is C11H11ClF6N2O. The summed E-state index contributed by atoms with van der Waals surface area (Å²) < 4.78 is 75.8. The number of alkyl halides is 5. The number of nitrogens with two attached hydrogens (primary N) is 1. The summed E-state index contributed by atoms with van der Waals surface area (Å²) in [6, 6.07) is 1.09. The second kappa shape index (κ2) is 6.99. The Hall–Kier alpha value is -1.48. The highest BCUT2D eigenvalue weighted by Gasteiger charge is 2.32. The number of benzene rings is 1. The van der Waals surface area contributed by atoms with E-state index >= 15 is 0 Å². The van der Waals surface area contributed by atoms with Gasteiger partial charge in [-0.05, 0) is 18.2 Å². The van der Waals surface area contributed by atoms with Gasteiger partial charge in [-0.2, -0.15) is 13.2 Å². The van der Waals surface area contributed by atoms with Crippen molar-refractivity contribution in [3.63, 3.8) is 0 Å². The van der Waals surface area contributed by atoms with Gasteiger partial charge in [-0.25, -0.2) is 13.2 Å². The van der Waals surface area contributed by atoms with Gasteiger partial charge in [0.1, 0.15) is 5.82 Å². The van der Waals surface area contributed by atoms with Crippen LogP contribution >= 0.6 is 12.4 Å². The molecule has 0 aliphatic heterocycles. The molecule has 1 aromatic rings. The van der Waals surface area contributed by atoms with E-state index in [-0.39, 0.29) is 18.5 Å². The van der Waals surface area contributed by atoms with Gasteiger partial charge in [-0.15, -0.1) is 12.4 Å². The van der Waals surface area contributed by atoms with E-state index in [9.17, 15) is 31.1 Å². The molecule has 0 atom stereocenters. The molecule has 1 amide bonds. The minimum Gasteiger partial charge on any atom is -0.346 e. The zero-order chi connectivity index (χ0) is 15.6. The van der Waals surface area contributed by atoms with Crippen molar-refractivity contribution < 1.29 is 31.1 Å². The summed E-state index contributed by atoms with van der Waals surface area (Å²) in [4.78, 5) is 11.4. The fourth-order valence-corrected chi connectivity index (χ4v) is 1.27. The number of carbonyl (C=O) groups excluding carboxylic acids is 1. The van der Waals surface area contributed by atoms with Crippen LogP contribution in [0.15, 0.2) is 18.2 Å². The summed E-state index contributed by atoms with van der Waals surface area (Å²) in [6.45, 7) is -2.19. The average Bonchev–Trinajstić information content (AvgIpc) is 2.34. The molecule has 21 heavy (non-hydrogen) atoms. The van der Waals surface area contributed by atoms with E-state index < -0.39 is 48.0 Å². The monoisotopic (exact) mass is 336 g/mol. The Morgan fingerprint density at radius 1 is 1.14 bits per heavy atom. The summed E-state index contributed by atoms with van der Waals surface area (Å²) in [5.74, 6) is -5.94. The number of halogens is 7. The molecule has 0 saturated carbocycles. The largest absolute Gasteiger partial charge is 0.416 e. The van der Waals surface area contributed by atoms with Gasteiger partial charge >= 0.3 is 6.18 Å². The van der Waals surface area contributed by atoms with Crippen LogP contribution in [0.25, 0.3) is 0 Å². The molecule has 0 spiro atoms. The molecule has 0 aliphatic carbocycles. The third-order valence-electron chi connectivity index (χ3n) is 2.29. The number of rotatable bonds is 4. The molecular weight excluding hydrogens is 326 g/mol. The maximum atomic E-state index is 13.0. The Kier molecular flexibility index (Phi) is 6.50. The van der Waals surface area contributed by atoms with E-state index in [0.29, 0.717) is 12.1 Å². The highest BCUT2D eigenvalue weighted by Crippen LogP contribution is 2.30. The fourth-order valence-electron chi connectivity index (χ4n) is 1.27. The Bertz CT molecular complexity index is 506.